The molecule has 0 radical (unpaired) electrons. The Morgan fingerprint density at radius 3 is 2.41 bits per heavy atom. The van der Waals surface area contributed by atoms with Crippen molar-refractivity contribution in [2.45, 2.75) is 52.9 Å². The summed E-state index contributed by atoms with van der Waals surface area (Å²) in [5.74, 6) is 1.34. The van der Waals surface area contributed by atoms with Gasteiger partial charge in [0.15, 0.2) is 0 Å². The number of aromatic nitrogens is 2. The molecule has 1 heterocycles. The first kappa shape index (κ1) is 14.2. The molecule has 0 saturated carbocycles. The van der Waals surface area contributed by atoms with Gasteiger partial charge in [-0.3, -0.25) is 0 Å². The third-order valence-electron chi connectivity index (χ3n) is 2.45. The lowest BCUT2D eigenvalue weighted by Crippen LogP contribution is -2.17. The molecule has 0 N–H and O–H groups in total. The van der Waals surface area contributed by atoms with Crippen LogP contribution in [0.2, 0.25) is 5.15 Å². The Morgan fingerprint density at radius 1 is 1.24 bits per heavy atom. The second-order valence-electron chi connectivity index (χ2n) is 5.22. The zero-order chi connectivity index (χ0) is 13.1. The molecule has 0 unspecified atom stereocenters. The van der Waals surface area contributed by atoms with Gasteiger partial charge in [0.2, 0.25) is 5.88 Å². The minimum Gasteiger partial charge on any atom is -0.477 e. The molecule has 0 fully saturated rings. The zero-order valence-corrected chi connectivity index (χ0v) is 12.1. The summed E-state index contributed by atoms with van der Waals surface area (Å²) in [4.78, 5) is 8.77. The highest BCUT2D eigenvalue weighted by molar-refractivity contribution is 6.30. The zero-order valence-electron chi connectivity index (χ0n) is 11.3. The van der Waals surface area contributed by atoms with E-state index in [0.717, 1.165) is 24.2 Å². The Labute approximate surface area is 109 Å². The van der Waals surface area contributed by atoms with Gasteiger partial charge in [0, 0.05) is 11.0 Å². The highest BCUT2D eigenvalue weighted by Gasteiger charge is 2.21. The van der Waals surface area contributed by atoms with Crippen LogP contribution in [-0.4, -0.2) is 16.6 Å². The Kier molecular flexibility index (Phi) is 4.75. The van der Waals surface area contributed by atoms with Crippen molar-refractivity contribution in [2.75, 3.05) is 6.61 Å². The summed E-state index contributed by atoms with van der Waals surface area (Å²) in [7, 11) is 0. The summed E-state index contributed by atoms with van der Waals surface area (Å²) in [6, 6.07) is 0. The predicted octanol–water partition coefficient (Wildman–Crippen LogP) is 3.91. The normalized spacial score (nSPS) is 11.6. The van der Waals surface area contributed by atoms with Crippen molar-refractivity contribution in [1.82, 2.24) is 9.97 Å². The fraction of sp³-hybridized carbons (Fsp3) is 0.692. The molecule has 0 aliphatic heterocycles. The Balaban J connectivity index is 2.99. The fourth-order valence-electron chi connectivity index (χ4n) is 1.26. The van der Waals surface area contributed by atoms with Crippen molar-refractivity contribution in [3.63, 3.8) is 0 Å². The van der Waals surface area contributed by atoms with Crippen LogP contribution in [0.15, 0.2) is 0 Å². The van der Waals surface area contributed by atoms with Crippen molar-refractivity contribution in [1.29, 1.82) is 0 Å². The van der Waals surface area contributed by atoms with Gasteiger partial charge in [0.25, 0.3) is 0 Å². The van der Waals surface area contributed by atoms with E-state index in [4.69, 9.17) is 16.3 Å². The summed E-state index contributed by atoms with van der Waals surface area (Å²) >= 11 is 6.11. The van der Waals surface area contributed by atoms with Crippen LogP contribution >= 0.6 is 11.6 Å². The Hall–Kier alpha value is -0.830. The number of halogens is 1. The van der Waals surface area contributed by atoms with E-state index in [2.05, 4.69) is 37.7 Å². The summed E-state index contributed by atoms with van der Waals surface area (Å²) in [6.45, 7) is 10.9. The van der Waals surface area contributed by atoms with Gasteiger partial charge in [-0.05, 0) is 13.3 Å². The van der Waals surface area contributed by atoms with E-state index in [9.17, 15) is 0 Å². The molecule has 4 heteroatoms. The van der Waals surface area contributed by atoms with E-state index in [-0.39, 0.29) is 5.41 Å². The first-order chi connectivity index (χ1) is 7.86. The number of nitrogens with zero attached hydrogens (tertiary/aromatic N) is 2. The molecule has 0 aromatic carbocycles. The van der Waals surface area contributed by atoms with E-state index >= 15 is 0 Å². The second kappa shape index (κ2) is 5.67. The SMILES string of the molecule is CCCCOc1nc(C(C)(C)C)nc(Cl)c1C. The molecule has 3 nitrogen and oxygen atoms in total. The van der Waals surface area contributed by atoms with Crippen LogP contribution in [0, 0.1) is 6.92 Å². The number of hydrogen-bond donors (Lipinski definition) is 0. The minimum atomic E-state index is -0.125. The molecule has 17 heavy (non-hydrogen) atoms. The maximum Gasteiger partial charge on any atom is 0.221 e. The van der Waals surface area contributed by atoms with Crippen LogP contribution < -0.4 is 4.74 Å². The summed E-state index contributed by atoms with van der Waals surface area (Å²) in [5, 5.41) is 0.483. The van der Waals surface area contributed by atoms with E-state index in [1.165, 1.54) is 0 Å². The molecule has 0 aliphatic carbocycles. The van der Waals surface area contributed by atoms with Gasteiger partial charge < -0.3 is 4.74 Å². The van der Waals surface area contributed by atoms with Crippen molar-refractivity contribution in [2.24, 2.45) is 0 Å². The van der Waals surface area contributed by atoms with Crippen molar-refractivity contribution < 1.29 is 4.74 Å². The largest absolute Gasteiger partial charge is 0.477 e. The molecule has 96 valence electrons. The molecule has 1 aromatic rings. The first-order valence-electron chi connectivity index (χ1n) is 6.03. The standard InChI is InChI=1S/C13H21ClN2O/c1-6-7-8-17-11-9(2)10(14)15-12(16-11)13(3,4)5/h6-8H2,1-5H3. The second-order valence-corrected chi connectivity index (χ2v) is 5.58. The lowest BCUT2D eigenvalue weighted by atomic mass is 9.96. The van der Waals surface area contributed by atoms with E-state index in [1.54, 1.807) is 0 Å². The number of ether oxygens (including phenoxy) is 1. The van der Waals surface area contributed by atoms with Crippen LogP contribution in [0.1, 0.15) is 51.9 Å². The molecular formula is C13H21ClN2O. The van der Waals surface area contributed by atoms with Crippen LogP contribution in [0.5, 0.6) is 5.88 Å². The van der Waals surface area contributed by atoms with E-state index in [1.807, 2.05) is 6.92 Å². The van der Waals surface area contributed by atoms with Gasteiger partial charge in [-0.1, -0.05) is 45.7 Å². The lowest BCUT2D eigenvalue weighted by molar-refractivity contribution is 0.292. The monoisotopic (exact) mass is 256 g/mol. The highest BCUT2D eigenvalue weighted by Crippen LogP contribution is 2.27. The molecule has 0 amide bonds. The van der Waals surface area contributed by atoms with Crippen LogP contribution in [0.25, 0.3) is 0 Å². The van der Waals surface area contributed by atoms with E-state index in [0.29, 0.717) is 17.6 Å². The first-order valence-corrected chi connectivity index (χ1v) is 6.41. The molecule has 0 atom stereocenters. The Bertz CT molecular complexity index is 386. The Morgan fingerprint density at radius 2 is 1.88 bits per heavy atom. The van der Waals surface area contributed by atoms with Gasteiger partial charge in [-0.15, -0.1) is 0 Å². The van der Waals surface area contributed by atoms with Gasteiger partial charge in [-0.25, -0.2) is 4.98 Å². The van der Waals surface area contributed by atoms with Gasteiger partial charge in [0.05, 0.1) is 6.61 Å². The lowest BCUT2D eigenvalue weighted by Gasteiger charge is -2.18. The smallest absolute Gasteiger partial charge is 0.221 e. The minimum absolute atomic E-state index is 0.125. The molecule has 0 aliphatic rings. The molecule has 0 bridgehead atoms. The van der Waals surface area contributed by atoms with Crippen molar-refractivity contribution in [3.05, 3.63) is 16.5 Å². The third-order valence-corrected chi connectivity index (χ3v) is 2.82. The predicted molar refractivity (Wildman–Crippen MR) is 70.9 cm³/mol. The van der Waals surface area contributed by atoms with Crippen LogP contribution in [0.3, 0.4) is 0 Å². The average molecular weight is 257 g/mol. The summed E-state index contributed by atoms with van der Waals surface area (Å²) in [5.41, 5.74) is 0.691. The van der Waals surface area contributed by atoms with Crippen LogP contribution in [0.4, 0.5) is 0 Å². The summed E-state index contributed by atoms with van der Waals surface area (Å²) in [6.07, 6.45) is 2.12. The molecule has 0 saturated heterocycles. The van der Waals surface area contributed by atoms with Gasteiger partial charge >= 0.3 is 0 Å². The quantitative estimate of drug-likeness (QED) is 0.605. The van der Waals surface area contributed by atoms with Crippen LogP contribution in [-0.2, 0) is 5.41 Å². The van der Waals surface area contributed by atoms with Gasteiger partial charge in [0.1, 0.15) is 11.0 Å². The maximum absolute atomic E-state index is 6.11. The van der Waals surface area contributed by atoms with Gasteiger partial charge in [-0.2, -0.15) is 4.98 Å². The molecule has 0 spiro atoms. The number of rotatable bonds is 4. The molecule has 1 rings (SSSR count). The summed E-state index contributed by atoms with van der Waals surface area (Å²) < 4.78 is 5.66. The topological polar surface area (TPSA) is 35.0 Å². The van der Waals surface area contributed by atoms with Crippen molar-refractivity contribution in [3.8, 4) is 5.88 Å². The number of hydrogen-bond acceptors (Lipinski definition) is 3. The molecular weight excluding hydrogens is 236 g/mol. The number of unbranched alkanes of at least 4 members (excludes halogenated alkanes) is 1. The third kappa shape index (κ3) is 3.84. The highest BCUT2D eigenvalue weighted by atomic mass is 35.5. The van der Waals surface area contributed by atoms with Crippen molar-refractivity contribution >= 4 is 11.6 Å². The van der Waals surface area contributed by atoms with E-state index < -0.39 is 0 Å². The average Bonchev–Trinajstić information content (AvgIpc) is 2.22. The molecule has 1 aromatic heterocycles. The fourth-order valence-corrected chi connectivity index (χ4v) is 1.42. The maximum atomic E-state index is 6.11.